The molecule has 226 valence electrons. The van der Waals surface area contributed by atoms with Crippen molar-refractivity contribution in [2.75, 3.05) is 24.6 Å². The maximum absolute atomic E-state index is 4.78. The number of hydrogen-bond donors (Lipinski definition) is 0. The summed E-state index contributed by atoms with van der Waals surface area (Å²) in [6, 6.07) is 0. The van der Waals surface area contributed by atoms with Crippen molar-refractivity contribution >= 4 is 20.8 Å². The van der Waals surface area contributed by atoms with Gasteiger partial charge in [-0.2, -0.15) is 0 Å². The van der Waals surface area contributed by atoms with Crippen LogP contribution in [-0.2, 0) is 0 Å². The monoisotopic (exact) mass is 604 g/mol. The number of rotatable bonds is 31. The molecule has 0 aromatic rings. The molecule has 0 aliphatic carbocycles. The molecule has 0 aliphatic heterocycles. The van der Waals surface area contributed by atoms with Crippen molar-refractivity contribution in [1.29, 1.82) is 0 Å². The van der Waals surface area contributed by atoms with Gasteiger partial charge in [0.2, 0.25) is 0 Å². The summed E-state index contributed by atoms with van der Waals surface area (Å²) in [6.07, 6.45) is 45.5. The van der Waals surface area contributed by atoms with Crippen LogP contribution in [0.25, 0.3) is 0 Å². The van der Waals surface area contributed by atoms with Gasteiger partial charge in [0.1, 0.15) is 0 Å². The van der Waals surface area contributed by atoms with E-state index in [2.05, 4.69) is 27.7 Å². The molecule has 0 N–H and O–H groups in total. The van der Waals surface area contributed by atoms with Gasteiger partial charge in [0.25, 0.3) is 0 Å². The van der Waals surface area contributed by atoms with Crippen LogP contribution >= 0.6 is 20.8 Å². The molecule has 0 radical (unpaired) electrons. The standard InChI is InChI=1S/C35H74BrP/c1-5-9-13-17-21-22-23-27-31-35-37(36,32-28-24-18-14-10-6-2,33-29-25-19-15-11-7-3)34-30-26-20-16-12-8-4/h5-35H2,1-4H3. The average molecular weight is 606 g/mol. The Morgan fingerprint density at radius 2 is 0.432 bits per heavy atom. The zero-order valence-corrected chi connectivity index (χ0v) is 29.2. The van der Waals surface area contributed by atoms with Crippen LogP contribution in [0.3, 0.4) is 0 Å². The molecule has 0 heterocycles. The molecule has 0 nitrogen and oxygen atoms in total. The first-order valence-electron chi connectivity index (χ1n) is 17.8. The van der Waals surface area contributed by atoms with Gasteiger partial charge in [-0.1, -0.05) is 0 Å². The first kappa shape index (κ1) is 37.9. The van der Waals surface area contributed by atoms with E-state index in [1.807, 2.05) is 0 Å². The summed E-state index contributed by atoms with van der Waals surface area (Å²) in [5, 5.41) is -1.77. The molecule has 0 unspecified atom stereocenters. The molecule has 0 fully saturated rings. The summed E-state index contributed by atoms with van der Waals surface area (Å²) in [7, 11) is 0. The molecule has 0 saturated carbocycles. The minimum atomic E-state index is -1.77. The van der Waals surface area contributed by atoms with Crippen LogP contribution < -0.4 is 0 Å². The SMILES string of the molecule is CCCCCCCCCCCP(Br)(CCCCCCCC)(CCCCCCCC)CCCCCCCC. The van der Waals surface area contributed by atoms with Gasteiger partial charge in [-0.05, 0) is 0 Å². The van der Waals surface area contributed by atoms with Crippen molar-refractivity contribution in [3.63, 3.8) is 0 Å². The van der Waals surface area contributed by atoms with E-state index < -0.39 is 5.31 Å². The Labute approximate surface area is 245 Å². The van der Waals surface area contributed by atoms with Gasteiger partial charge in [-0.25, -0.2) is 0 Å². The summed E-state index contributed by atoms with van der Waals surface area (Å²) < 4.78 is 0. The van der Waals surface area contributed by atoms with Crippen LogP contribution in [0.15, 0.2) is 0 Å². The Hall–Kier alpha value is 0.910. The quantitative estimate of drug-likeness (QED) is 0.0545. The molecule has 0 atom stereocenters. The zero-order valence-electron chi connectivity index (χ0n) is 26.7. The topological polar surface area (TPSA) is 0 Å². The number of halogens is 1. The van der Waals surface area contributed by atoms with E-state index in [1.165, 1.54) is 173 Å². The second-order valence-corrected chi connectivity index (χ2v) is 24.3. The second kappa shape index (κ2) is 27.1. The predicted octanol–water partition coefficient (Wildman–Crippen LogP) is 14.5. The molecule has 0 bridgehead atoms. The minimum absolute atomic E-state index is 1.37. The van der Waals surface area contributed by atoms with Crippen LogP contribution in [0.4, 0.5) is 0 Å². The van der Waals surface area contributed by atoms with E-state index >= 15 is 0 Å². The predicted molar refractivity (Wildman–Crippen MR) is 183 cm³/mol. The fraction of sp³-hybridized carbons (Fsp3) is 1.00. The maximum atomic E-state index is 4.78. The molecule has 2 heteroatoms. The first-order chi connectivity index (χ1) is 18.0. The van der Waals surface area contributed by atoms with E-state index in [0.29, 0.717) is 0 Å². The Kier molecular flexibility index (Phi) is 27.8. The number of unbranched alkanes of at least 4 members (excludes halogenated alkanes) is 23. The molecule has 0 saturated heterocycles. The van der Waals surface area contributed by atoms with Gasteiger partial charge in [0.15, 0.2) is 0 Å². The van der Waals surface area contributed by atoms with Crippen LogP contribution in [-0.4, -0.2) is 24.6 Å². The van der Waals surface area contributed by atoms with Gasteiger partial charge >= 0.3 is 246 Å². The van der Waals surface area contributed by atoms with Gasteiger partial charge in [-0.15, -0.1) is 0 Å². The zero-order chi connectivity index (χ0) is 27.4. The second-order valence-electron chi connectivity index (χ2n) is 12.8. The summed E-state index contributed by atoms with van der Waals surface area (Å²) >= 11 is 4.78. The van der Waals surface area contributed by atoms with Crippen molar-refractivity contribution in [2.45, 2.75) is 201 Å². The average Bonchev–Trinajstić information content (AvgIpc) is 2.90. The summed E-state index contributed by atoms with van der Waals surface area (Å²) in [5.74, 6) is 0. The van der Waals surface area contributed by atoms with Gasteiger partial charge in [0, 0.05) is 0 Å². The van der Waals surface area contributed by atoms with Crippen molar-refractivity contribution < 1.29 is 0 Å². The Bertz CT molecular complexity index is 405. The van der Waals surface area contributed by atoms with Crippen LogP contribution in [0.2, 0.25) is 0 Å². The van der Waals surface area contributed by atoms with Crippen LogP contribution in [0.5, 0.6) is 0 Å². The van der Waals surface area contributed by atoms with E-state index in [1.54, 1.807) is 24.6 Å². The van der Waals surface area contributed by atoms with Gasteiger partial charge < -0.3 is 0 Å². The van der Waals surface area contributed by atoms with Crippen LogP contribution in [0.1, 0.15) is 201 Å². The third-order valence-electron chi connectivity index (χ3n) is 9.03. The Morgan fingerprint density at radius 3 is 0.622 bits per heavy atom. The van der Waals surface area contributed by atoms with Crippen LogP contribution in [0, 0.1) is 0 Å². The Balaban J connectivity index is 4.96. The van der Waals surface area contributed by atoms with E-state index in [9.17, 15) is 0 Å². The van der Waals surface area contributed by atoms with Crippen molar-refractivity contribution in [1.82, 2.24) is 0 Å². The molecular weight excluding hydrogens is 531 g/mol. The summed E-state index contributed by atoms with van der Waals surface area (Å²) in [5.41, 5.74) is 0. The molecule has 0 aromatic heterocycles. The fourth-order valence-corrected chi connectivity index (χ4v) is 14.8. The molecule has 0 rings (SSSR count). The molecule has 0 spiro atoms. The first-order valence-corrected chi connectivity index (χ1v) is 22.8. The third kappa shape index (κ3) is 23.3. The molecule has 37 heavy (non-hydrogen) atoms. The molecule has 0 aromatic carbocycles. The van der Waals surface area contributed by atoms with Crippen molar-refractivity contribution in [3.8, 4) is 0 Å². The van der Waals surface area contributed by atoms with E-state index in [4.69, 9.17) is 15.5 Å². The number of hydrogen-bond acceptors (Lipinski definition) is 0. The van der Waals surface area contributed by atoms with Gasteiger partial charge in [-0.3, -0.25) is 0 Å². The molecule has 0 amide bonds. The summed E-state index contributed by atoms with van der Waals surface area (Å²) in [4.78, 5) is 0. The Morgan fingerprint density at radius 1 is 0.270 bits per heavy atom. The fourth-order valence-electron chi connectivity index (χ4n) is 6.35. The van der Waals surface area contributed by atoms with E-state index in [0.717, 1.165) is 0 Å². The van der Waals surface area contributed by atoms with Crippen molar-refractivity contribution in [3.05, 3.63) is 0 Å². The van der Waals surface area contributed by atoms with Gasteiger partial charge in [0.05, 0.1) is 0 Å². The molecular formula is C35H74BrP. The summed E-state index contributed by atoms with van der Waals surface area (Å²) in [6.45, 7) is 9.36. The van der Waals surface area contributed by atoms with Crippen molar-refractivity contribution in [2.24, 2.45) is 0 Å². The molecule has 0 aliphatic rings. The normalized spacial score (nSPS) is 13.2. The van der Waals surface area contributed by atoms with E-state index in [-0.39, 0.29) is 0 Å². The third-order valence-corrected chi connectivity index (χ3v) is 19.0.